The first-order valence-electron chi connectivity index (χ1n) is 5.68. The molecule has 0 radical (unpaired) electrons. The highest BCUT2D eigenvalue weighted by Crippen LogP contribution is 2.40. The van der Waals surface area contributed by atoms with E-state index in [0.717, 1.165) is 0 Å². The fourth-order valence-electron chi connectivity index (χ4n) is 1.86. The number of rotatable bonds is 0. The maximum absolute atomic E-state index is 11.7. The fraction of sp³-hybridized carbons (Fsp3) is 1.00. The highest BCUT2D eigenvalue weighted by molar-refractivity contribution is 5.85. The maximum Gasteiger partial charge on any atom is 0.393 e. The standard InChI is InChI=1S/2C5H8F3N.2ClH/c2*6-5(7,8)3-1-2-4(3)9;;/h2*3-4H,1-2,9H2;2*1H/t2*3-,4-;;/m10../s1. The van der Waals surface area contributed by atoms with Gasteiger partial charge in [-0.1, -0.05) is 0 Å². The van der Waals surface area contributed by atoms with Gasteiger partial charge in [0, 0.05) is 12.1 Å². The minimum Gasteiger partial charge on any atom is -0.327 e. The molecule has 0 aromatic rings. The smallest absolute Gasteiger partial charge is 0.327 e. The third-order valence-electron chi connectivity index (χ3n) is 3.50. The van der Waals surface area contributed by atoms with Gasteiger partial charge in [-0.05, 0) is 25.7 Å². The lowest BCUT2D eigenvalue weighted by Crippen LogP contribution is -2.47. The Labute approximate surface area is 125 Å². The molecule has 4 atom stereocenters. The molecule has 0 aromatic carbocycles. The normalized spacial score (nSPS) is 32.4. The summed E-state index contributed by atoms with van der Waals surface area (Å²) in [5.41, 5.74) is 10.2. The van der Waals surface area contributed by atoms with E-state index in [2.05, 4.69) is 0 Å². The second kappa shape index (κ2) is 7.91. The molecular formula is C10H18Cl2F6N2. The van der Waals surface area contributed by atoms with Gasteiger partial charge in [0.05, 0.1) is 11.8 Å². The van der Waals surface area contributed by atoms with Crippen molar-refractivity contribution in [3.8, 4) is 0 Å². The number of alkyl halides is 6. The van der Waals surface area contributed by atoms with E-state index >= 15 is 0 Å². The Balaban J connectivity index is 0. The van der Waals surface area contributed by atoms with Crippen LogP contribution in [0.1, 0.15) is 25.7 Å². The van der Waals surface area contributed by atoms with E-state index in [9.17, 15) is 26.3 Å². The van der Waals surface area contributed by atoms with Crippen LogP contribution in [0.25, 0.3) is 0 Å². The lowest BCUT2D eigenvalue weighted by atomic mass is 9.80. The minimum absolute atomic E-state index is 0. The van der Waals surface area contributed by atoms with Crippen molar-refractivity contribution >= 4 is 24.8 Å². The van der Waals surface area contributed by atoms with Crippen LogP contribution in [0.2, 0.25) is 0 Å². The molecule has 10 heteroatoms. The molecule has 124 valence electrons. The zero-order chi connectivity index (χ0) is 14.1. The van der Waals surface area contributed by atoms with E-state index in [0.29, 0.717) is 12.8 Å². The molecule has 0 aliphatic heterocycles. The van der Waals surface area contributed by atoms with E-state index in [4.69, 9.17) is 11.5 Å². The monoisotopic (exact) mass is 350 g/mol. The molecular weight excluding hydrogens is 333 g/mol. The Bertz CT molecular complexity index is 256. The van der Waals surface area contributed by atoms with Gasteiger partial charge in [-0.2, -0.15) is 26.3 Å². The quantitative estimate of drug-likeness (QED) is 0.657. The molecule has 0 spiro atoms. The molecule has 0 heterocycles. The lowest BCUT2D eigenvalue weighted by Gasteiger charge is -2.34. The number of halogens is 8. The first-order valence-corrected chi connectivity index (χ1v) is 5.68. The Morgan fingerprint density at radius 3 is 0.850 bits per heavy atom. The van der Waals surface area contributed by atoms with Crippen molar-refractivity contribution in [2.75, 3.05) is 0 Å². The van der Waals surface area contributed by atoms with Gasteiger partial charge >= 0.3 is 12.4 Å². The summed E-state index contributed by atoms with van der Waals surface area (Å²) in [6.07, 6.45) is -6.65. The van der Waals surface area contributed by atoms with Crippen LogP contribution < -0.4 is 11.5 Å². The van der Waals surface area contributed by atoms with Crippen LogP contribution in [0.4, 0.5) is 26.3 Å². The van der Waals surface area contributed by atoms with Gasteiger partial charge in [-0.25, -0.2) is 0 Å². The zero-order valence-corrected chi connectivity index (χ0v) is 12.0. The predicted octanol–water partition coefficient (Wildman–Crippen LogP) is 3.42. The number of hydrogen-bond acceptors (Lipinski definition) is 2. The van der Waals surface area contributed by atoms with Gasteiger partial charge in [0.1, 0.15) is 0 Å². The second-order valence-electron chi connectivity index (χ2n) is 4.78. The summed E-state index contributed by atoms with van der Waals surface area (Å²) in [6, 6.07) is -1.27. The van der Waals surface area contributed by atoms with E-state index < -0.39 is 36.3 Å². The molecule has 2 nitrogen and oxygen atoms in total. The van der Waals surface area contributed by atoms with Crippen molar-refractivity contribution in [2.24, 2.45) is 23.3 Å². The Kier molecular flexibility index (Phi) is 8.84. The van der Waals surface area contributed by atoms with Gasteiger partial charge in [0.2, 0.25) is 0 Å². The molecule has 0 bridgehead atoms. The second-order valence-corrected chi connectivity index (χ2v) is 4.78. The van der Waals surface area contributed by atoms with Crippen molar-refractivity contribution in [1.29, 1.82) is 0 Å². The summed E-state index contributed by atoms with van der Waals surface area (Å²) in [4.78, 5) is 0. The summed E-state index contributed by atoms with van der Waals surface area (Å²) in [6.45, 7) is 0. The van der Waals surface area contributed by atoms with E-state index in [1.807, 2.05) is 0 Å². The van der Waals surface area contributed by atoms with Crippen LogP contribution in [-0.4, -0.2) is 24.4 Å². The van der Waals surface area contributed by atoms with E-state index in [-0.39, 0.29) is 37.7 Å². The topological polar surface area (TPSA) is 52.0 Å². The third-order valence-corrected chi connectivity index (χ3v) is 3.50. The molecule has 2 saturated carbocycles. The molecule has 0 unspecified atom stereocenters. The molecule has 4 N–H and O–H groups in total. The molecule has 0 saturated heterocycles. The van der Waals surface area contributed by atoms with Gasteiger partial charge in [0.25, 0.3) is 0 Å². The molecule has 2 fully saturated rings. The van der Waals surface area contributed by atoms with Crippen LogP contribution >= 0.6 is 24.8 Å². The number of hydrogen-bond donors (Lipinski definition) is 2. The van der Waals surface area contributed by atoms with Crippen LogP contribution in [-0.2, 0) is 0 Å². The summed E-state index contributed by atoms with van der Waals surface area (Å²) >= 11 is 0. The fourth-order valence-corrected chi connectivity index (χ4v) is 1.86. The molecule has 0 amide bonds. The number of nitrogens with two attached hydrogens (primary N) is 2. The SMILES string of the molecule is Cl.Cl.N[C@@H]1CC[C@H]1C(F)(F)F.N[C@H]1CC[C@@H]1C(F)(F)F. The summed E-state index contributed by atoms with van der Waals surface area (Å²) in [7, 11) is 0. The average Bonchev–Trinajstić information content (AvgIpc) is 2.08. The molecule has 20 heavy (non-hydrogen) atoms. The van der Waals surface area contributed by atoms with Crippen LogP contribution in [0.5, 0.6) is 0 Å². The molecule has 2 aliphatic rings. The summed E-state index contributed by atoms with van der Waals surface area (Å²) < 4.78 is 70.0. The van der Waals surface area contributed by atoms with Gasteiger partial charge in [-0.3, -0.25) is 0 Å². The Morgan fingerprint density at radius 1 is 0.600 bits per heavy atom. The van der Waals surface area contributed by atoms with Crippen LogP contribution in [0.15, 0.2) is 0 Å². The van der Waals surface area contributed by atoms with Gasteiger partial charge in [-0.15, -0.1) is 24.8 Å². The van der Waals surface area contributed by atoms with Crippen molar-refractivity contribution in [3.63, 3.8) is 0 Å². The minimum atomic E-state index is -4.06. The van der Waals surface area contributed by atoms with Crippen molar-refractivity contribution in [3.05, 3.63) is 0 Å². The third kappa shape index (κ3) is 5.83. The first kappa shape index (κ1) is 22.4. The summed E-state index contributed by atoms with van der Waals surface area (Å²) in [5.74, 6) is -2.45. The molecule has 2 rings (SSSR count). The van der Waals surface area contributed by atoms with Gasteiger partial charge in [0.15, 0.2) is 0 Å². The highest BCUT2D eigenvalue weighted by atomic mass is 35.5. The predicted molar refractivity (Wildman–Crippen MR) is 68.0 cm³/mol. The zero-order valence-electron chi connectivity index (χ0n) is 10.4. The average molecular weight is 351 g/mol. The van der Waals surface area contributed by atoms with Crippen molar-refractivity contribution in [1.82, 2.24) is 0 Å². The van der Waals surface area contributed by atoms with E-state index in [1.165, 1.54) is 0 Å². The first-order chi connectivity index (χ1) is 8.03. The largest absolute Gasteiger partial charge is 0.393 e. The van der Waals surface area contributed by atoms with Crippen molar-refractivity contribution < 1.29 is 26.3 Å². The molecule has 0 aromatic heterocycles. The summed E-state index contributed by atoms with van der Waals surface area (Å²) in [5, 5.41) is 0. The maximum atomic E-state index is 11.7. The van der Waals surface area contributed by atoms with Crippen LogP contribution in [0, 0.1) is 11.8 Å². The highest BCUT2D eigenvalue weighted by Gasteiger charge is 2.48. The van der Waals surface area contributed by atoms with Gasteiger partial charge < -0.3 is 11.5 Å². The Hall–Kier alpha value is 0.0800. The lowest BCUT2D eigenvalue weighted by molar-refractivity contribution is -0.199. The van der Waals surface area contributed by atoms with Crippen LogP contribution in [0.3, 0.4) is 0 Å². The Morgan fingerprint density at radius 2 is 0.850 bits per heavy atom. The molecule has 2 aliphatic carbocycles. The van der Waals surface area contributed by atoms with E-state index in [1.54, 1.807) is 0 Å². The van der Waals surface area contributed by atoms with Crippen molar-refractivity contribution in [2.45, 2.75) is 50.1 Å².